The van der Waals surface area contributed by atoms with Crippen molar-refractivity contribution in [2.75, 3.05) is 0 Å². The molecule has 0 radical (unpaired) electrons. The summed E-state index contributed by atoms with van der Waals surface area (Å²) >= 11 is 0. The minimum atomic E-state index is -0.915. The number of phenolic OH excluding ortho intramolecular Hbond substituents is 5. The number of hydrogen-bond acceptors (Lipinski definition) is 7. The summed E-state index contributed by atoms with van der Waals surface area (Å²) in [6.45, 7) is 5.66. The number of Topliss-reactive ketones (excluding diaryl/α,β-unsaturated/α-hetero) is 1. The summed E-state index contributed by atoms with van der Waals surface area (Å²) in [4.78, 5) is 14.4. The second-order valence-electron chi connectivity index (χ2n) is 10.6. The first-order valence-electron chi connectivity index (χ1n) is 12.5. The molecule has 1 heterocycles. The molecule has 1 aliphatic carbocycles. The number of hydrogen-bond donors (Lipinski definition) is 5. The fourth-order valence-corrected chi connectivity index (χ4v) is 5.66. The van der Waals surface area contributed by atoms with Crippen LogP contribution in [-0.4, -0.2) is 36.9 Å². The second kappa shape index (κ2) is 9.17. The van der Waals surface area contributed by atoms with Crippen LogP contribution >= 0.6 is 0 Å². The summed E-state index contributed by atoms with van der Waals surface area (Å²) < 4.78 is 5.94. The van der Waals surface area contributed by atoms with Crippen LogP contribution in [0.15, 0.2) is 66.3 Å². The Bertz CT molecular complexity index is 1480. The lowest BCUT2D eigenvalue weighted by Gasteiger charge is -2.37. The number of phenols is 5. The summed E-state index contributed by atoms with van der Waals surface area (Å²) in [7, 11) is 0. The molecule has 3 atom stereocenters. The van der Waals surface area contributed by atoms with Crippen molar-refractivity contribution < 1.29 is 35.1 Å². The molecule has 7 heteroatoms. The van der Waals surface area contributed by atoms with Crippen molar-refractivity contribution >= 4 is 11.9 Å². The van der Waals surface area contributed by atoms with Gasteiger partial charge < -0.3 is 30.3 Å². The van der Waals surface area contributed by atoms with E-state index in [1.165, 1.54) is 36.4 Å². The topological polar surface area (TPSA) is 127 Å². The molecule has 7 nitrogen and oxygen atoms in total. The zero-order valence-electron chi connectivity index (χ0n) is 21.3. The molecule has 196 valence electrons. The van der Waals surface area contributed by atoms with Gasteiger partial charge >= 0.3 is 0 Å². The maximum absolute atomic E-state index is 14.4. The van der Waals surface area contributed by atoms with Crippen LogP contribution in [-0.2, 0) is 0 Å². The molecule has 0 fully saturated rings. The lowest BCUT2D eigenvalue weighted by Crippen LogP contribution is -2.32. The molecule has 5 N–H and O–H groups in total. The zero-order chi connectivity index (χ0) is 27.4. The quantitative estimate of drug-likeness (QED) is 0.210. The summed E-state index contributed by atoms with van der Waals surface area (Å²) in [5.41, 5.74) is 1.42. The van der Waals surface area contributed by atoms with Crippen LogP contribution in [0.2, 0.25) is 0 Å². The minimum Gasteiger partial charge on any atom is -0.508 e. The van der Waals surface area contributed by atoms with E-state index in [1.54, 1.807) is 24.3 Å². The molecule has 2 aliphatic rings. The first-order chi connectivity index (χ1) is 18.0. The van der Waals surface area contributed by atoms with E-state index < -0.39 is 29.1 Å². The third-order valence-corrected chi connectivity index (χ3v) is 7.40. The van der Waals surface area contributed by atoms with Gasteiger partial charge in [-0.2, -0.15) is 0 Å². The number of ether oxygens (including phenoxy) is 1. The van der Waals surface area contributed by atoms with Gasteiger partial charge in [0.05, 0.1) is 11.1 Å². The van der Waals surface area contributed by atoms with Gasteiger partial charge in [-0.1, -0.05) is 23.8 Å². The molecule has 0 aromatic heterocycles. The standard InChI is InChI=1S/C31H30O7/c1-16-13-21(18-8-7-17(32)15-25(18)35)27(22(14-16)28-23(33)5-4-6-24(28)34)30(37)20-9-10-26-19(29(20)36)11-12-31(2,3)38-26/h4-12,14-15,21-22,27,32-36H,13H2,1-3H3. The van der Waals surface area contributed by atoms with Crippen LogP contribution < -0.4 is 4.74 Å². The van der Waals surface area contributed by atoms with E-state index in [-0.39, 0.29) is 39.9 Å². The highest BCUT2D eigenvalue weighted by Gasteiger charge is 2.43. The highest BCUT2D eigenvalue weighted by atomic mass is 16.5. The van der Waals surface area contributed by atoms with Crippen LogP contribution in [0, 0.1) is 5.92 Å². The smallest absolute Gasteiger partial charge is 0.171 e. The van der Waals surface area contributed by atoms with E-state index >= 15 is 0 Å². The average Bonchev–Trinajstić information content (AvgIpc) is 2.83. The van der Waals surface area contributed by atoms with E-state index in [1.807, 2.05) is 26.8 Å². The molecule has 0 spiro atoms. The number of benzene rings is 3. The van der Waals surface area contributed by atoms with Crippen molar-refractivity contribution in [2.24, 2.45) is 5.92 Å². The van der Waals surface area contributed by atoms with Gasteiger partial charge in [0.1, 0.15) is 40.1 Å². The molecule has 0 amide bonds. The Balaban J connectivity index is 1.70. The van der Waals surface area contributed by atoms with Crippen LogP contribution in [0.3, 0.4) is 0 Å². The predicted molar refractivity (Wildman–Crippen MR) is 143 cm³/mol. The Kier molecular flexibility index (Phi) is 6.10. The van der Waals surface area contributed by atoms with Gasteiger partial charge in [0.15, 0.2) is 5.78 Å². The maximum Gasteiger partial charge on any atom is 0.171 e. The number of carbonyl (C=O) groups excluding carboxylic acids is 1. The van der Waals surface area contributed by atoms with Crippen molar-refractivity contribution in [1.29, 1.82) is 0 Å². The molecule has 3 aromatic rings. The Morgan fingerprint density at radius 3 is 2.34 bits per heavy atom. The van der Waals surface area contributed by atoms with Gasteiger partial charge in [0, 0.05) is 29.4 Å². The van der Waals surface area contributed by atoms with Crippen molar-refractivity contribution in [3.8, 4) is 34.5 Å². The number of rotatable bonds is 4. The monoisotopic (exact) mass is 514 g/mol. The van der Waals surface area contributed by atoms with Crippen LogP contribution in [0.25, 0.3) is 6.08 Å². The highest BCUT2D eigenvalue weighted by Crippen LogP contribution is 2.53. The molecule has 0 saturated carbocycles. The van der Waals surface area contributed by atoms with Crippen LogP contribution in [0.5, 0.6) is 34.5 Å². The van der Waals surface area contributed by atoms with Gasteiger partial charge in [-0.25, -0.2) is 0 Å². The third kappa shape index (κ3) is 4.34. The number of fused-ring (bicyclic) bond motifs is 1. The molecule has 3 unspecified atom stereocenters. The SMILES string of the molecule is CC1=CC(c2c(O)cccc2O)C(C(=O)c2ccc3c(c2O)C=CC(C)(C)O3)C(c2ccc(O)cc2O)C1. The van der Waals surface area contributed by atoms with Gasteiger partial charge in [-0.3, -0.25) is 4.79 Å². The van der Waals surface area contributed by atoms with Crippen LogP contribution in [0.4, 0.5) is 0 Å². The number of allylic oxidation sites excluding steroid dienone is 2. The van der Waals surface area contributed by atoms with Gasteiger partial charge in [-0.05, 0) is 75.2 Å². The summed E-state index contributed by atoms with van der Waals surface area (Å²) in [6.07, 6.45) is 5.77. The predicted octanol–water partition coefficient (Wildman–Crippen LogP) is 6.12. The van der Waals surface area contributed by atoms with E-state index in [0.717, 1.165) is 5.57 Å². The van der Waals surface area contributed by atoms with E-state index in [2.05, 4.69) is 0 Å². The lowest BCUT2D eigenvalue weighted by molar-refractivity contribution is 0.0876. The Morgan fingerprint density at radius 1 is 0.947 bits per heavy atom. The maximum atomic E-state index is 14.4. The minimum absolute atomic E-state index is 0.0674. The zero-order valence-corrected chi connectivity index (χ0v) is 21.3. The van der Waals surface area contributed by atoms with Crippen LogP contribution in [0.1, 0.15) is 66.1 Å². The number of carbonyl (C=O) groups is 1. The number of aromatic hydroxyl groups is 5. The molecule has 0 bridgehead atoms. The Labute approximate surface area is 220 Å². The Hall–Kier alpha value is -4.39. The van der Waals surface area contributed by atoms with Gasteiger partial charge in [0.25, 0.3) is 0 Å². The fraction of sp³-hybridized carbons (Fsp3) is 0.258. The normalized spacial score (nSPS) is 21.8. The molecule has 3 aromatic carbocycles. The second-order valence-corrected chi connectivity index (χ2v) is 10.6. The third-order valence-electron chi connectivity index (χ3n) is 7.40. The molecular weight excluding hydrogens is 484 g/mol. The lowest BCUT2D eigenvalue weighted by atomic mass is 9.65. The van der Waals surface area contributed by atoms with Crippen molar-refractivity contribution in [1.82, 2.24) is 0 Å². The molecule has 1 aliphatic heterocycles. The first kappa shape index (κ1) is 25.3. The summed E-state index contributed by atoms with van der Waals surface area (Å²) in [5.74, 6) is -3.07. The van der Waals surface area contributed by atoms with Crippen molar-refractivity contribution in [3.05, 3.63) is 88.5 Å². The fourth-order valence-electron chi connectivity index (χ4n) is 5.66. The van der Waals surface area contributed by atoms with Crippen molar-refractivity contribution in [2.45, 2.75) is 44.6 Å². The largest absolute Gasteiger partial charge is 0.508 e. The van der Waals surface area contributed by atoms with Gasteiger partial charge in [-0.15, -0.1) is 0 Å². The van der Waals surface area contributed by atoms with E-state index in [4.69, 9.17) is 4.74 Å². The summed E-state index contributed by atoms with van der Waals surface area (Å²) in [6, 6.07) is 11.8. The average molecular weight is 515 g/mol. The Morgan fingerprint density at radius 2 is 1.66 bits per heavy atom. The van der Waals surface area contributed by atoms with Crippen molar-refractivity contribution in [3.63, 3.8) is 0 Å². The number of ketones is 1. The molecular formula is C31H30O7. The van der Waals surface area contributed by atoms with E-state index in [0.29, 0.717) is 23.3 Å². The summed E-state index contributed by atoms with van der Waals surface area (Å²) in [5, 5.41) is 53.4. The van der Waals surface area contributed by atoms with E-state index in [9.17, 15) is 30.3 Å². The molecule has 5 rings (SSSR count). The first-order valence-corrected chi connectivity index (χ1v) is 12.5. The molecule has 0 saturated heterocycles. The molecule has 38 heavy (non-hydrogen) atoms. The van der Waals surface area contributed by atoms with Gasteiger partial charge in [0.2, 0.25) is 0 Å². The highest BCUT2D eigenvalue weighted by molar-refractivity contribution is 6.03.